The zero-order valence-electron chi connectivity index (χ0n) is 19.1. The average molecular weight is 426 g/mol. The fourth-order valence-electron chi connectivity index (χ4n) is 3.91. The summed E-state index contributed by atoms with van der Waals surface area (Å²) in [4.78, 5) is 11.9. The normalized spacial score (nSPS) is 13.2. The van der Waals surface area contributed by atoms with Crippen LogP contribution in [0.25, 0.3) is 33.2 Å². The van der Waals surface area contributed by atoms with Crippen molar-refractivity contribution in [3.63, 3.8) is 0 Å². The van der Waals surface area contributed by atoms with Crippen LogP contribution < -0.4 is 34.5 Å². The number of phenolic OH excluding ortho intramolecular Hbond substituents is 1. The van der Waals surface area contributed by atoms with Crippen LogP contribution in [-0.2, 0) is 7.05 Å². The van der Waals surface area contributed by atoms with Gasteiger partial charge in [0.2, 0.25) is 0 Å². The van der Waals surface area contributed by atoms with Gasteiger partial charge in [0.15, 0.2) is 0 Å². The molecule has 0 amide bonds. The van der Waals surface area contributed by atoms with E-state index in [-0.39, 0.29) is 35.3 Å². The van der Waals surface area contributed by atoms with Crippen molar-refractivity contribution in [1.29, 1.82) is 0 Å². The number of hydrogen-bond acceptors (Lipinski definition) is 5. The predicted octanol–water partition coefficient (Wildman–Crippen LogP) is 2.03. The second-order valence-electron chi connectivity index (χ2n) is 7.81. The summed E-state index contributed by atoms with van der Waals surface area (Å²) >= 11 is 0. The third kappa shape index (κ3) is 4.71. The predicted molar refractivity (Wildman–Crippen MR) is 123 cm³/mol. The van der Waals surface area contributed by atoms with E-state index in [1.807, 2.05) is 70.8 Å². The molecule has 7 heteroatoms. The van der Waals surface area contributed by atoms with E-state index in [1.165, 1.54) is 12.8 Å². The van der Waals surface area contributed by atoms with Crippen LogP contribution in [0.2, 0.25) is 0 Å². The number of nitrogens with zero attached hydrogens (tertiary/aromatic N) is 5. The second kappa shape index (κ2) is 9.98. The molecule has 0 spiro atoms. The summed E-state index contributed by atoms with van der Waals surface area (Å²) in [5.41, 5.74) is 4.76. The largest absolute Gasteiger partial charge is 1.00 e. The molecule has 1 aliphatic rings. The molecule has 1 saturated heterocycles. The Hall–Kier alpha value is -2.15. The number of rotatable bonds is 2. The molecule has 5 rings (SSSR count). The number of aromatic hydroxyl groups is 1. The Bertz CT molecular complexity index is 1200. The SMILES string of the molecule is C[CH-]C.Cc1c(O)c(-c2ccc3nc(N4CCCC4)ccc3n2)cc2cn(C)nc12.[Na+]. The Labute approximate surface area is 205 Å². The van der Waals surface area contributed by atoms with E-state index in [0.29, 0.717) is 0 Å². The number of aromatic nitrogens is 4. The Morgan fingerprint density at radius 2 is 1.65 bits per heavy atom. The maximum absolute atomic E-state index is 10.7. The van der Waals surface area contributed by atoms with Crippen molar-refractivity contribution in [1.82, 2.24) is 19.7 Å². The summed E-state index contributed by atoms with van der Waals surface area (Å²) < 4.78 is 1.76. The standard InChI is InChI=1S/C21H21N5O.C3H7.Na/c1-13-20-14(12-25(2)24-20)11-15(21(13)27)16-5-6-18-17(22-16)7-8-19(23-18)26-9-3-4-10-26;1-3-2;/h5-8,11-12,27H,3-4,9-10H2,1-2H3;3H,1-2H3;/q;-1;+1. The van der Waals surface area contributed by atoms with Gasteiger partial charge in [-0.05, 0) is 50.1 Å². The molecule has 1 N–H and O–H groups in total. The molecule has 31 heavy (non-hydrogen) atoms. The zero-order chi connectivity index (χ0) is 21.3. The minimum absolute atomic E-state index is 0. The van der Waals surface area contributed by atoms with Gasteiger partial charge >= 0.3 is 29.6 Å². The van der Waals surface area contributed by atoms with Crippen molar-refractivity contribution in [2.75, 3.05) is 18.0 Å². The Morgan fingerprint density at radius 3 is 2.35 bits per heavy atom. The Balaban J connectivity index is 0.000000645. The number of pyridine rings is 2. The van der Waals surface area contributed by atoms with Gasteiger partial charge in [0.1, 0.15) is 11.6 Å². The van der Waals surface area contributed by atoms with Crippen LogP contribution in [0.15, 0.2) is 36.5 Å². The molecule has 1 fully saturated rings. The van der Waals surface area contributed by atoms with E-state index < -0.39 is 0 Å². The van der Waals surface area contributed by atoms with Gasteiger partial charge in [0.05, 0.1) is 22.2 Å². The maximum Gasteiger partial charge on any atom is 1.00 e. The summed E-state index contributed by atoms with van der Waals surface area (Å²) in [6.45, 7) is 8.03. The fourth-order valence-corrected chi connectivity index (χ4v) is 3.91. The number of fused-ring (bicyclic) bond motifs is 2. The van der Waals surface area contributed by atoms with Crippen molar-refractivity contribution >= 4 is 27.8 Å². The molecule has 0 aliphatic carbocycles. The molecule has 0 saturated carbocycles. The zero-order valence-corrected chi connectivity index (χ0v) is 21.1. The summed E-state index contributed by atoms with van der Waals surface area (Å²) in [7, 11) is 1.88. The Morgan fingerprint density at radius 1 is 1.00 bits per heavy atom. The molecule has 1 aliphatic heterocycles. The van der Waals surface area contributed by atoms with Crippen LogP contribution in [0.3, 0.4) is 0 Å². The summed E-state index contributed by atoms with van der Waals surface area (Å²) in [6.07, 6.45) is 6.41. The molecule has 4 aromatic rings. The van der Waals surface area contributed by atoms with Crippen LogP contribution in [0.1, 0.15) is 32.3 Å². The van der Waals surface area contributed by atoms with Crippen LogP contribution in [0.4, 0.5) is 5.82 Å². The van der Waals surface area contributed by atoms with Crippen LogP contribution >= 0.6 is 0 Å². The summed E-state index contributed by atoms with van der Waals surface area (Å²) in [5, 5.41) is 16.1. The van der Waals surface area contributed by atoms with E-state index in [2.05, 4.69) is 10.00 Å². The molecule has 156 valence electrons. The van der Waals surface area contributed by atoms with Gasteiger partial charge in [0.25, 0.3) is 0 Å². The minimum atomic E-state index is 0. The van der Waals surface area contributed by atoms with E-state index >= 15 is 0 Å². The van der Waals surface area contributed by atoms with Crippen molar-refractivity contribution in [2.24, 2.45) is 7.05 Å². The van der Waals surface area contributed by atoms with Gasteiger partial charge in [-0.15, -0.1) is 0 Å². The summed E-state index contributed by atoms with van der Waals surface area (Å²) in [6, 6.07) is 9.93. The van der Waals surface area contributed by atoms with E-state index in [4.69, 9.17) is 9.97 Å². The topological polar surface area (TPSA) is 67.1 Å². The van der Waals surface area contributed by atoms with E-state index in [0.717, 1.165) is 57.7 Å². The first-order valence-corrected chi connectivity index (χ1v) is 10.4. The first-order chi connectivity index (χ1) is 14.5. The number of anilines is 1. The molecule has 3 aromatic heterocycles. The molecular formula is C24H28N5NaO. The third-order valence-electron chi connectivity index (χ3n) is 5.36. The monoisotopic (exact) mass is 425 g/mol. The molecule has 6 nitrogen and oxygen atoms in total. The number of aryl methyl sites for hydroxylation is 2. The first-order valence-electron chi connectivity index (χ1n) is 10.4. The number of hydrogen-bond donors (Lipinski definition) is 1. The van der Waals surface area contributed by atoms with Crippen LogP contribution in [-0.4, -0.2) is 37.9 Å². The van der Waals surface area contributed by atoms with Crippen molar-refractivity contribution < 1.29 is 34.7 Å². The van der Waals surface area contributed by atoms with E-state index in [9.17, 15) is 5.11 Å². The maximum atomic E-state index is 10.7. The van der Waals surface area contributed by atoms with Gasteiger partial charge in [-0.3, -0.25) is 4.68 Å². The quantitative estimate of drug-likeness (QED) is 0.393. The Kier molecular flexibility index (Phi) is 7.57. The van der Waals surface area contributed by atoms with Crippen molar-refractivity contribution in [2.45, 2.75) is 33.6 Å². The van der Waals surface area contributed by atoms with Gasteiger partial charge in [-0.1, -0.05) is 0 Å². The van der Waals surface area contributed by atoms with Crippen molar-refractivity contribution in [3.05, 3.63) is 48.5 Å². The molecule has 0 unspecified atom stereocenters. The molecular weight excluding hydrogens is 397 g/mol. The molecule has 0 atom stereocenters. The smallest absolute Gasteiger partial charge is 0.507 e. The summed E-state index contributed by atoms with van der Waals surface area (Å²) in [5.74, 6) is 1.25. The first kappa shape index (κ1) is 23.5. The molecule has 1 aromatic carbocycles. The van der Waals surface area contributed by atoms with Gasteiger partial charge < -0.3 is 16.4 Å². The van der Waals surface area contributed by atoms with Gasteiger partial charge in [-0.2, -0.15) is 18.9 Å². The molecule has 4 heterocycles. The second-order valence-corrected chi connectivity index (χ2v) is 7.81. The number of benzene rings is 1. The fraction of sp³-hybridized carbons (Fsp3) is 0.333. The van der Waals surface area contributed by atoms with Gasteiger partial charge in [0, 0.05) is 42.8 Å². The average Bonchev–Trinajstić information content (AvgIpc) is 3.40. The van der Waals surface area contributed by atoms with Gasteiger partial charge in [-0.25, -0.2) is 9.97 Å². The van der Waals surface area contributed by atoms with Crippen LogP contribution in [0, 0.1) is 13.3 Å². The number of phenols is 1. The van der Waals surface area contributed by atoms with E-state index in [1.54, 1.807) is 4.68 Å². The van der Waals surface area contributed by atoms with Crippen LogP contribution in [0.5, 0.6) is 5.75 Å². The molecule has 0 bridgehead atoms. The van der Waals surface area contributed by atoms with Crippen molar-refractivity contribution in [3.8, 4) is 17.0 Å². The minimum Gasteiger partial charge on any atom is -0.507 e. The third-order valence-corrected chi connectivity index (χ3v) is 5.36. The molecule has 0 radical (unpaired) electrons.